The molecule has 1 atom stereocenters. The van der Waals surface area contributed by atoms with E-state index in [9.17, 15) is 18.5 Å². The third-order valence-corrected chi connectivity index (χ3v) is 7.69. The molecule has 2 rings (SSSR count). The largest absolute Gasteiger partial charge is 0.310 e. The van der Waals surface area contributed by atoms with Crippen LogP contribution in [0.1, 0.15) is 19.8 Å². The Hall–Kier alpha value is -0.880. The Morgan fingerprint density at radius 3 is 2.76 bits per heavy atom. The second kappa shape index (κ2) is 6.08. The number of hydrazine groups is 1. The Bertz CT molecular complexity index is 637. The number of anilines is 1. The van der Waals surface area contributed by atoms with E-state index in [1.54, 1.807) is 11.8 Å². The molecule has 1 aliphatic rings. The summed E-state index contributed by atoms with van der Waals surface area (Å²) in [5.74, 6) is 6.19. The number of thioether (sulfide) groups is 1. The molecule has 1 aromatic rings. The summed E-state index contributed by atoms with van der Waals surface area (Å²) in [5, 5.41) is 10.9. The molecule has 1 saturated heterocycles. The van der Waals surface area contributed by atoms with Crippen molar-refractivity contribution >= 4 is 43.8 Å². The van der Waals surface area contributed by atoms with Gasteiger partial charge in [0.2, 0.25) is 10.0 Å². The first-order chi connectivity index (χ1) is 9.77. The molecule has 0 bridgehead atoms. The summed E-state index contributed by atoms with van der Waals surface area (Å²) >= 11 is 2.48. The normalized spacial score (nSPS) is 22.4. The summed E-state index contributed by atoms with van der Waals surface area (Å²) in [7, 11) is -3.78. The van der Waals surface area contributed by atoms with E-state index in [1.165, 1.54) is 0 Å². The van der Waals surface area contributed by atoms with Crippen LogP contribution in [0.25, 0.3) is 0 Å². The zero-order chi connectivity index (χ0) is 15.7. The fourth-order valence-electron chi connectivity index (χ4n) is 2.03. The molecule has 2 heterocycles. The number of nitrogen functional groups attached to an aromatic ring is 1. The molecule has 1 unspecified atom stereocenters. The van der Waals surface area contributed by atoms with Crippen LogP contribution in [0.2, 0.25) is 0 Å². The highest BCUT2D eigenvalue weighted by molar-refractivity contribution is 8.01. The number of rotatable bonds is 6. The van der Waals surface area contributed by atoms with E-state index in [2.05, 4.69) is 10.1 Å². The zero-order valence-electron chi connectivity index (χ0n) is 11.3. The third-order valence-electron chi connectivity index (χ3n) is 3.22. The molecule has 21 heavy (non-hydrogen) atoms. The minimum Gasteiger partial charge on any atom is -0.310 e. The van der Waals surface area contributed by atoms with Crippen LogP contribution in [-0.4, -0.2) is 30.4 Å². The monoisotopic (exact) mass is 352 g/mol. The highest BCUT2D eigenvalue weighted by Gasteiger charge is 2.32. The first-order valence-corrected chi connectivity index (χ1v) is 9.44. The predicted molar refractivity (Wildman–Crippen MR) is 84.1 cm³/mol. The van der Waals surface area contributed by atoms with E-state index in [4.69, 9.17) is 5.84 Å². The first kappa shape index (κ1) is 16.5. The van der Waals surface area contributed by atoms with Gasteiger partial charge in [-0.05, 0) is 25.5 Å². The van der Waals surface area contributed by atoms with Crippen LogP contribution < -0.4 is 16.0 Å². The number of hydrogen-bond acceptors (Lipinski definition) is 8. The Morgan fingerprint density at radius 2 is 2.29 bits per heavy atom. The van der Waals surface area contributed by atoms with E-state index in [-0.39, 0.29) is 19.6 Å². The van der Waals surface area contributed by atoms with Gasteiger partial charge < -0.3 is 5.43 Å². The molecule has 0 amide bonds. The maximum absolute atomic E-state index is 12.2. The number of hydrogen-bond donors (Lipinski definition) is 3. The number of nitrogens with zero attached hydrogens (tertiary/aromatic N) is 1. The molecule has 11 heteroatoms. The second-order valence-corrected chi connectivity index (χ2v) is 9.64. The molecule has 1 aromatic heterocycles. The van der Waals surface area contributed by atoms with Crippen molar-refractivity contribution in [2.75, 3.05) is 17.7 Å². The van der Waals surface area contributed by atoms with Crippen molar-refractivity contribution in [1.29, 1.82) is 0 Å². The van der Waals surface area contributed by atoms with Crippen LogP contribution >= 0.6 is 23.1 Å². The van der Waals surface area contributed by atoms with Crippen LogP contribution in [0.4, 0.5) is 10.7 Å². The summed E-state index contributed by atoms with van der Waals surface area (Å²) in [6.45, 7) is 2.31. The Labute approximate surface area is 130 Å². The lowest BCUT2D eigenvalue weighted by atomic mass is 10.1. The summed E-state index contributed by atoms with van der Waals surface area (Å²) < 4.78 is 26.8. The lowest BCUT2D eigenvalue weighted by Crippen LogP contribution is -2.36. The molecule has 8 nitrogen and oxygen atoms in total. The van der Waals surface area contributed by atoms with E-state index >= 15 is 0 Å². The molecule has 1 fully saturated rings. The summed E-state index contributed by atoms with van der Waals surface area (Å²) in [6.07, 6.45) is 2.01. The molecule has 0 aliphatic carbocycles. The Balaban J connectivity index is 2.17. The number of nitro groups is 1. The number of thiophene rings is 1. The number of nitrogens with one attached hydrogen (secondary N) is 2. The molecule has 0 radical (unpaired) electrons. The molecule has 118 valence electrons. The SMILES string of the molecule is CC1(CNS(=O)(=O)c2cc([N+](=O)[O-])c(NN)s2)CCCS1. The number of sulfonamides is 1. The lowest BCUT2D eigenvalue weighted by molar-refractivity contribution is -0.383. The Morgan fingerprint density at radius 1 is 1.57 bits per heavy atom. The minimum atomic E-state index is -3.78. The summed E-state index contributed by atoms with van der Waals surface area (Å²) in [6, 6.07) is 1.02. The zero-order valence-corrected chi connectivity index (χ0v) is 13.7. The van der Waals surface area contributed by atoms with Crippen molar-refractivity contribution in [1.82, 2.24) is 4.72 Å². The van der Waals surface area contributed by atoms with Gasteiger partial charge in [-0.2, -0.15) is 11.8 Å². The average Bonchev–Trinajstić information content (AvgIpc) is 3.03. The lowest BCUT2D eigenvalue weighted by Gasteiger charge is -2.22. The van der Waals surface area contributed by atoms with Crippen LogP contribution in [0.5, 0.6) is 0 Å². The van der Waals surface area contributed by atoms with E-state index in [0.717, 1.165) is 36.0 Å². The quantitative estimate of drug-likeness (QED) is 0.402. The van der Waals surface area contributed by atoms with Crippen molar-refractivity contribution in [2.24, 2.45) is 5.84 Å². The predicted octanol–water partition coefficient (Wildman–Crippen LogP) is 1.51. The Kier molecular flexibility index (Phi) is 4.78. The molecule has 0 saturated carbocycles. The number of nitrogens with two attached hydrogens (primary N) is 1. The van der Waals surface area contributed by atoms with Gasteiger partial charge in [0.1, 0.15) is 4.21 Å². The average molecular weight is 352 g/mol. The van der Waals surface area contributed by atoms with Gasteiger partial charge in [-0.25, -0.2) is 19.0 Å². The van der Waals surface area contributed by atoms with Crippen molar-refractivity contribution in [3.8, 4) is 0 Å². The van der Waals surface area contributed by atoms with E-state index in [0.29, 0.717) is 6.54 Å². The standard InChI is InChI=1S/C10H16N4O4S3/c1-10(3-2-4-19-10)6-12-21(17,18)8-5-7(14(15)16)9(13-11)20-8/h5,12-13H,2-4,6,11H2,1H3. The fraction of sp³-hybridized carbons (Fsp3) is 0.600. The molecular formula is C10H16N4O4S3. The second-order valence-electron chi connectivity index (χ2n) is 4.91. The summed E-state index contributed by atoms with van der Waals surface area (Å²) in [5.41, 5.74) is 1.81. The van der Waals surface area contributed by atoms with E-state index < -0.39 is 14.9 Å². The van der Waals surface area contributed by atoms with Crippen LogP contribution in [0, 0.1) is 10.1 Å². The summed E-state index contributed by atoms with van der Waals surface area (Å²) in [4.78, 5) is 10.2. The molecule has 0 spiro atoms. The minimum absolute atomic E-state index is 0.0156. The molecule has 4 N–H and O–H groups in total. The van der Waals surface area contributed by atoms with Crippen molar-refractivity contribution in [3.05, 3.63) is 16.2 Å². The smallest absolute Gasteiger partial charge is 0.306 e. The highest BCUT2D eigenvalue weighted by Crippen LogP contribution is 2.39. The molecular weight excluding hydrogens is 336 g/mol. The van der Waals surface area contributed by atoms with Gasteiger partial charge in [0.15, 0.2) is 5.00 Å². The van der Waals surface area contributed by atoms with Crippen molar-refractivity contribution in [2.45, 2.75) is 28.7 Å². The molecule has 1 aliphatic heterocycles. The van der Waals surface area contributed by atoms with Crippen LogP contribution in [0.15, 0.2) is 10.3 Å². The van der Waals surface area contributed by atoms with Gasteiger partial charge in [-0.15, -0.1) is 0 Å². The van der Waals surface area contributed by atoms with E-state index in [1.807, 2.05) is 6.92 Å². The van der Waals surface area contributed by atoms with Crippen molar-refractivity contribution in [3.63, 3.8) is 0 Å². The van der Waals surface area contributed by atoms with Gasteiger partial charge in [0.05, 0.1) is 4.92 Å². The van der Waals surface area contributed by atoms with Gasteiger partial charge in [0, 0.05) is 17.4 Å². The molecule has 0 aromatic carbocycles. The maximum atomic E-state index is 12.2. The third kappa shape index (κ3) is 3.66. The van der Waals surface area contributed by atoms with Crippen LogP contribution in [-0.2, 0) is 10.0 Å². The first-order valence-electron chi connectivity index (χ1n) is 6.16. The van der Waals surface area contributed by atoms with Gasteiger partial charge in [-0.1, -0.05) is 11.3 Å². The van der Waals surface area contributed by atoms with Gasteiger partial charge in [-0.3, -0.25) is 10.1 Å². The maximum Gasteiger partial charge on any atom is 0.306 e. The van der Waals surface area contributed by atoms with Gasteiger partial charge >= 0.3 is 5.69 Å². The van der Waals surface area contributed by atoms with Crippen molar-refractivity contribution < 1.29 is 13.3 Å². The fourth-order valence-corrected chi connectivity index (χ4v) is 5.81. The topological polar surface area (TPSA) is 127 Å². The highest BCUT2D eigenvalue weighted by atomic mass is 32.2. The van der Waals surface area contributed by atoms with Crippen LogP contribution in [0.3, 0.4) is 0 Å². The van der Waals surface area contributed by atoms with Gasteiger partial charge in [0.25, 0.3) is 0 Å².